The van der Waals surface area contributed by atoms with Crippen LogP contribution in [-0.4, -0.2) is 32.4 Å². The van der Waals surface area contributed by atoms with Gasteiger partial charge in [-0.3, -0.25) is 10.6 Å². The van der Waals surface area contributed by atoms with Crippen molar-refractivity contribution in [3.05, 3.63) is 65.7 Å². The van der Waals surface area contributed by atoms with E-state index >= 15 is 0 Å². The third kappa shape index (κ3) is 3.46. The molecule has 1 aromatic carbocycles. The molecule has 0 amide bonds. The molecule has 0 fully saturated rings. The quantitative estimate of drug-likeness (QED) is 0.706. The Morgan fingerprint density at radius 3 is 2.31 bits per heavy atom. The minimum absolute atomic E-state index is 0.0744. The Balaban J connectivity index is 1.86. The number of pyridine rings is 1. The molecular weight excluding hydrogens is 369 g/mol. The second kappa shape index (κ2) is 7.47. The predicted molar refractivity (Wildman–Crippen MR) is 110 cm³/mol. The third-order valence-corrected chi connectivity index (χ3v) is 5.10. The van der Waals surface area contributed by atoms with Crippen molar-refractivity contribution in [2.45, 2.75) is 39.3 Å². The number of halogens is 1. The first-order valence-corrected chi connectivity index (χ1v) is 9.52. The summed E-state index contributed by atoms with van der Waals surface area (Å²) < 4.78 is 13.3. The Morgan fingerprint density at radius 1 is 0.966 bits per heavy atom. The van der Waals surface area contributed by atoms with Crippen molar-refractivity contribution in [1.29, 1.82) is 0 Å². The van der Waals surface area contributed by atoms with E-state index in [1.54, 1.807) is 12.1 Å². The molecular formula is C21H24FN7. The number of fused-ring (bicyclic) bond motifs is 1. The van der Waals surface area contributed by atoms with Gasteiger partial charge in [-0.2, -0.15) is 5.10 Å². The molecule has 29 heavy (non-hydrogen) atoms. The van der Waals surface area contributed by atoms with E-state index < -0.39 is 12.5 Å². The van der Waals surface area contributed by atoms with E-state index in [-0.39, 0.29) is 11.9 Å². The SMILES string of the molecule is Cc1ccc(N2c3ccc(-c4ccc(F)cc4)nc3C(N)N(C(C)C)C2N)nn1. The van der Waals surface area contributed by atoms with Crippen LogP contribution in [-0.2, 0) is 0 Å². The van der Waals surface area contributed by atoms with Crippen molar-refractivity contribution in [1.82, 2.24) is 20.1 Å². The molecule has 2 aromatic heterocycles. The maximum absolute atomic E-state index is 13.3. The maximum Gasteiger partial charge on any atom is 0.158 e. The number of rotatable bonds is 3. The Bertz CT molecular complexity index is 1000. The minimum Gasteiger partial charge on any atom is -0.310 e. The second-order valence-electron chi connectivity index (χ2n) is 7.41. The first-order chi connectivity index (χ1) is 13.9. The molecule has 7 nitrogen and oxygen atoms in total. The molecule has 3 aromatic rings. The molecule has 4 rings (SSSR count). The molecule has 2 atom stereocenters. The number of benzene rings is 1. The van der Waals surface area contributed by atoms with Gasteiger partial charge in [0.15, 0.2) is 5.82 Å². The summed E-state index contributed by atoms with van der Waals surface area (Å²) >= 11 is 0. The van der Waals surface area contributed by atoms with Gasteiger partial charge in [0.1, 0.15) is 18.3 Å². The molecule has 0 aliphatic carbocycles. The van der Waals surface area contributed by atoms with Crippen LogP contribution >= 0.6 is 0 Å². The van der Waals surface area contributed by atoms with Gasteiger partial charge in [0, 0.05) is 11.6 Å². The van der Waals surface area contributed by atoms with Gasteiger partial charge in [0.2, 0.25) is 0 Å². The zero-order valence-electron chi connectivity index (χ0n) is 16.6. The molecule has 2 unspecified atom stereocenters. The molecule has 150 valence electrons. The van der Waals surface area contributed by atoms with Crippen LogP contribution < -0.4 is 16.4 Å². The third-order valence-electron chi connectivity index (χ3n) is 5.10. The molecule has 0 saturated carbocycles. The van der Waals surface area contributed by atoms with Crippen LogP contribution in [0.25, 0.3) is 11.3 Å². The van der Waals surface area contributed by atoms with E-state index in [4.69, 9.17) is 16.5 Å². The summed E-state index contributed by atoms with van der Waals surface area (Å²) in [6, 6.07) is 13.9. The molecule has 8 heteroatoms. The highest BCUT2D eigenvalue weighted by molar-refractivity contribution is 5.69. The predicted octanol–water partition coefficient (Wildman–Crippen LogP) is 3.05. The average Bonchev–Trinajstić information content (AvgIpc) is 2.69. The van der Waals surface area contributed by atoms with Gasteiger partial charge < -0.3 is 5.73 Å². The standard InChI is InChI=1S/C21H24FN7/c1-12(2)28-20(23)19-17(29(21(28)24)18-11-4-13(3)26-27-18)10-9-16(25-19)14-5-7-15(22)8-6-14/h4-12,20-21H,23-24H2,1-3H3. The fraction of sp³-hybridized carbons (Fsp3) is 0.286. The summed E-state index contributed by atoms with van der Waals surface area (Å²) in [7, 11) is 0. The smallest absolute Gasteiger partial charge is 0.158 e. The molecule has 0 radical (unpaired) electrons. The number of nitrogens with zero attached hydrogens (tertiary/aromatic N) is 5. The lowest BCUT2D eigenvalue weighted by molar-refractivity contribution is 0.0894. The van der Waals surface area contributed by atoms with E-state index in [0.29, 0.717) is 17.2 Å². The Kier molecular flexibility index (Phi) is 4.99. The molecule has 1 aliphatic heterocycles. The van der Waals surface area contributed by atoms with Crippen LogP contribution in [0, 0.1) is 12.7 Å². The largest absolute Gasteiger partial charge is 0.310 e. The second-order valence-corrected chi connectivity index (χ2v) is 7.41. The minimum atomic E-state index is -0.520. The van der Waals surface area contributed by atoms with Gasteiger partial charge in [-0.25, -0.2) is 14.3 Å². The zero-order chi connectivity index (χ0) is 20.7. The normalized spacial score (nSPS) is 19.5. The van der Waals surface area contributed by atoms with Crippen molar-refractivity contribution >= 4 is 11.5 Å². The summed E-state index contributed by atoms with van der Waals surface area (Å²) in [5.41, 5.74) is 17.0. The first kappa shape index (κ1) is 19.4. The van der Waals surface area contributed by atoms with Crippen LogP contribution in [0.3, 0.4) is 0 Å². The van der Waals surface area contributed by atoms with Crippen LogP contribution in [0.4, 0.5) is 15.9 Å². The highest BCUT2D eigenvalue weighted by Gasteiger charge is 2.39. The van der Waals surface area contributed by atoms with Crippen molar-refractivity contribution in [2.24, 2.45) is 11.5 Å². The fourth-order valence-electron chi connectivity index (χ4n) is 3.66. The van der Waals surface area contributed by atoms with Crippen molar-refractivity contribution in [2.75, 3.05) is 4.90 Å². The van der Waals surface area contributed by atoms with Crippen LogP contribution in [0.2, 0.25) is 0 Å². The lowest BCUT2D eigenvalue weighted by Crippen LogP contribution is -2.61. The summed E-state index contributed by atoms with van der Waals surface area (Å²) in [6.45, 7) is 5.95. The van der Waals surface area contributed by atoms with Gasteiger partial charge in [0.05, 0.1) is 22.8 Å². The van der Waals surface area contributed by atoms with Crippen LogP contribution in [0.15, 0.2) is 48.5 Å². The Hall–Kier alpha value is -2.94. The summed E-state index contributed by atoms with van der Waals surface area (Å²) in [6.07, 6.45) is -1.01. The summed E-state index contributed by atoms with van der Waals surface area (Å²) in [4.78, 5) is 8.69. The molecule has 3 heterocycles. The van der Waals surface area contributed by atoms with E-state index in [0.717, 1.165) is 16.9 Å². The molecule has 0 saturated heterocycles. The van der Waals surface area contributed by atoms with E-state index in [1.807, 2.05) is 54.8 Å². The highest BCUT2D eigenvalue weighted by atomic mass is 19.1. The van der Waals surface area contributed by atoms with Crippen molar-refractivity contribution in [3.63, 3.8) is 0 Å². The topological polar surface area (TPSA) is 97.2 Å². The molecule has 1 aliphatic rings. The number of hydrogen-bond acceptors (Lipinski definition) is 7. The Morgan fingerprint density at radius 2 is 1.69 bits per heavy atom. The number of hydrogen-bond donors (Lipinski definition) is 2. The van der Waals surface area contributed by atoms with Crippen LogP contribution in [0.5, 0.6) is 0 Å². The lowest BCUT2D eigenvalue weighted by atomic mass is 10.1. The van der Waals surface area contributed by atoms with Crippen LogP contribution in [0.1, 0.15) is 31.4 Å². The van der Waals surface area contributed by atoms with E-state index in [9.17, 15) is 4.39 Å². The van der Waals surface area contributed by atoms with E-state index in [1.165, 1.54) is 12.1 Å². The summed E-state index contributed by atoms with van der Waals surface area (Å²) in [5.74, 6) is 0.336. The molecule has 4 N–H and O–H groups in total. The molecule has 0 bridgehead atoms. The van der Waals surface area contributed by atoms with Gasteiger partial charge in [-0.05, 0) is 69.3 Å². The number of aryl methyl sites for hydroxylation is 1. The molecule has 0 spiro atoms. The van der Waals surface area contributed by atoms with Gasteiger partial charge in [-0.1, -0.05) is 0 Å². The monoisotopic (exact) mass is 393 g/mol. The summed E-state index contributed by atoms with van der Waals surface area (Å²) in [5, 5.41) is 8.49. The first-order valence-electron chi connectivity index (χ1n) is 9.52. The number of anilines is 2. The van der Waals surface area contributed by atoms with Gasteiger partial charge >= 0.3 is 0 Å². The average molecular weight is 393 g/mol. The van der Waals surface area contributed by atoms with Crippen molar-refractivity contribution in [3.8, 4) is 11.3 Å². The number of aromatic nitrogens is 3. The van der Waals surface area contributed by atoms with Crippen molar-refractivity contribution < 1.29 is 4.39 Å². The van der Waals surface area contributed by atoms with Gasteiger partial charge in [-0.15, -0.1) is 5.10 Å². The van der Waals surface area contributed by atoms with Gasteiger partial charge in [0.25, 0.3) is 0 Å². The lowest BCUT2D eigenvalue weighted by Gasteiger charge is -2.47. The maximum atomic E-state index is 13.3. The number of nitrogens with two attached hydrogens (primary N) is 2. The Labute approximate surface area is 169 Å². The fourth-order valence-corrected chi connectivity index (χ4v) is 3.66. The zero-order valence-corrected chi connectivity index (χ0v) is 16.6. The highest BCUT2D eigenvalue weighted by Crippen LogP contribution is 2.39. The van der Waals surface area contributed by atoms with E-state index in [2.05, 4.69) is 10.2 Å².